The minimum atomic E-state index is -0.344. The minimum Gasteiger partial charge on any atom is -0.351 e. The number of aromatic amines is 1. The predicted molar refractivity (Wildman–Crippen MR) is 67.3 cm³/mol. The average molecular weight is 237 g/mol. The fraction of sp³-hybridized carbons (Fsp3) is 0.500. The highest BCUT2D eigenvalue weighted by Crippen LogP contribution is 1.92. The number of carbonyl (C=O) groups is 1. The van der Waals surface area contributed by atoms with Crippen molar-refractivity contribution in [2.45, 2.75) is 20.3 Å². The molecule has 0 saturated heterocycles. The summed E-state index contributed by atoms with van der Waals surface area (Å²) in [7, 11) is 0. The largest absolute Gasteiger partial charge is 0.351 e. The maximum Gasteiger partial charge on any atom is 0.260 e. The Morgan fingerprint density at radius 2 is 2.06 bits per heavy atom. The van der Waals surface area contributed by atoms with E-state index in [1.54, 1.807) is 19.1 Å². The van der Waals surface area contributed by atoms with E-state index in [0.29, 0.717) is 13.1 Å². The first-order valence-electron chi connectivity index (χ1n) is 5.84. The van der Waals surface area contributed by atoms with Crippen LogP contribution in [-0.2, 0) is 0 Å². The number of H-pyrrole nitrogens is 1. The second-order valence-corrected chi connectivity index (χ2v) is 3.89. The van der Waals surface area contributed by atoms with Gasteiger partial charge in [0.15, 0.2) is 0 Å². The predicted octanol–water partition coefficient (Wildman–Crippen LogP) is 0.413. The van der Waals surface area contributed by atoms with Crippen LogP contribution in [0.4, 0.5) is 0 Å². The third kappa shape index (κ3) is 4.40. The second kappa shape index (κ2) is 6.85. The van der Waals surface area contributed by atoms with Crippen LogP contribution < -0.4 is 16.2 Å². The topological polar surface area (TPSA) is 74.0 Å². The summed E-state index contributed by atoms with van der Waals surface area (Å²) in [5.41, 5.74) is 0.561. The molecule has 0 bridgehead atoms. The average Bonchev–Trinajstić information content (AvgIpc) is 2.28. The Morgan fingerprint density at radius 3 is 2.71 bits per heavy atom. The zero-order chi connectivity index (χ0) is 12.7. The molecule has 1 amide bonds. The highest BCUT2D eigenvalue weighted by molar-refractivity contribution is 5.93. The molecule has 0 saturated carbocycles. The lowest BCUT2D eigenvalue weighted by Gasteiger charge is -2.05. The summed E-state index contributed by atoms with van der Waals surface area (Å²) in [5.74, 6) is -0.329. The molecule has 0 fully saturated rings. The number of amides is 1. The van der Waals surface area contributed by atoms with Crippen molar-refractivity contribution in [2.24, 2.45) is 0 Å². The van der Waals surface area contributed by atoms with Crippen LogP contribution in [-0.4, -0.2) is 30.5 Å². The Bertz CT molecular complexity index is 426. The quantitative estimate of drug-likeness (QED) is 0.627. The van der Waals surface area contributed by atoms with Crippen molar-refractivity contribution in [1.29, 1.82) is 0 Å². The van der Waals surface area contributed by atoms with E-state index in [4.69, 9.17) is 0 Å². The smallest absolute Gasteiger partial charge is 0.260 e. The SMILES string of the molecule is CCCNCCNC(=O)c1ccc(C)[nH]c1=O. The lowest BCUT2D eigenvalue weighted by atomic mass is 10.2. The van der Waals surface area contributed by atoms with Crippen molar-refractivity contribution in [2.75, 3.05) is 19.6 Å². The van der Waals surface area contributed by atoms with E-state index in [1.807, 2.05) is 0 Å². The van der Waals surface area contributed by atoms with Crippen molar-refractivity contribution < 1.29 is 4.79 Å². The van der Waals surface area contributed by atoms with Crippen molar-refractivity contribution >= 4 is 5.91 Å². The minimum absolute atomic E-state index is 0.158. The number of pyridine rings is 1. The molecule has 5 heteroatoms. The van der Waals surface area contributed by atoms with Gasteiger partial charge in [-0.3, -0.25) is 9.59 Å². The highest BCUT2D eigenvalue weighted by Gasteiger charge is 2.08. The van der Waals surface area contributed by atoms with E-state index in [1.165, 1.54) is 0 Å². The lowest BCUT2D eigenvalue weighted by Crippen LogP contribution is -2.35. The fourth-order valence-corrected chi connectivity index (χ4v) is 1.41. The first kappa shape index (κ1) is 13.4. The lowest BCUT2D eigenvalue weighted by molar-refractivity contribution is 0.0952. The Balaban J connectivity index is 2.45. The summed E-state index contributed by atoms with van der Waals surface area (Å²) < 4.78 is 0. The molecule has 1 rings (SSSR count). The molecule has 0 aliphatic carbocycles. The van der Waals surface area contributed by atoms with Crippen molar-refractivity contribution in [1.82, 2.24) is 15.6 Å². The van der Waals surface area contributed by atoms with E-state index >= 15 is 0 Å². The molecule has 94 valence electrons. The summed E-state index contributed by atoms with van der Waals surface area (Å²) in [6.07, 6.45) is 1.06. The maximum atomic E-state index is 11.7. The fourth-order valence-electron chi connectivity index (χ4n) is 1.41. The summed E-state index contributed by atoms with van der Waals surface area (Å²) in [6.45, 7) is 6.02. The molecule has 0 aromatic carbocycles. The van der Waals surface area contributed by atoms with Gasteiger partial charge in [-0.05, 0) is 32.0 Å². The number of hydrogen-bond donors (Lipinski definition) is 3. The van der Waals surface area contributed by atoms with Crippen LogP contribution in [0.1, 0.15) is 29.4 Å². The maximum absolute atomic E-state index is 11.7. The number of aryl methyl sites for hydroxylation is 1. The van der Waals surface area contributed by atoms with E-state index in [0.717, 1.165) is 18.7 Å². The van der Waals surface area contributed by atoms with Crippen LogP contribution in [0.15, 0.2) is 16.9 Å². The van der Waals surface area contributed by atoms with Gasteiger partial charge in [-0.15, -0.1) is 0 Å². The van der Waals surface area contributed by atoms with Crippen LogP contribution >= 0.6 is 0 Å². The van der Waals surface area contributed by atoms with E-state index in [2.05, 4.69) is 22.5 Å². The molecular formula is C12H19N3O2. The number of carbonyl (C=O) groups excluding carboxylic acids is 1. The highest BCUT2D eigenvalue weighted by atomic mass is 16.2. The van der Waals surface area contributed by atoms with Gasteiger partial charge in [-0.2, -0.15) is 0 Å². The monoisotopic (exact) mass is 237 g/mol. The van der Waals surface area contributed by atoms with Crippen LogP contribution in [0.2, 0.25) is 0 Å². The first-order valence-corrected chi connectivity index (χ1v) is 5.84. The van der Waals surface area contributed by atoms with Gasteiger partial charge in [0.25, 0.3) is 11.5 Å². The van der Waals surface area contributed by atoms with Crippen LogP contribution in [0.25, 0.3) is 0 Å². The summed E-state index contributed by atoms with van der Waals surface area (Å²) in [5, 5.41) is 5.86. The molecule has 0 aliphatic rings. The van der Waals surface area contributed by atoms with E-state index in [9.17, 15) is 9.59 Å². The van der Waals surface area contributed by atoms with Crippen molar-refractivity contribution in [3.05, 3.63) is 33.7 Å². The Morgan fingerprint density at radius 1 is 1.29 bits per heavy atom. The molecule has 0 spiro atoms. The number of aromatic nitrogens is 1. The van der Waals surface area contributed by atoms with E-state index < -0.39 is 0 Å². The van der Waals surface area contributed by atoms with Gasteiger partial charge in [-0.25, -0.2) is 0 Å². The third-order valence-corrected chi connectivity index (χ3v) is 2.31. The third-order valence-electron chi connectivity index (χ3n) is 2.31. The second-order valence-electron chi connectivity index (χ2n) is 3.89. The molecule has 0 atom stereocenters. The van der Waals surface area contributed by atoms with E-state index in [-0.39, 0.29) is 17.0 Å². The summed E-state index contributed by atoms with van der Waals surface area (Å²) in [6, 6.07) is 3.26. The van der Waals surface area contributed by atoms with Crippen LogP contribution in [0, 0.1) is 6.92 Å². The molecule has 0 aliphatic heterocycles. The van der Waals surface area contributed by atoms with Crippen molar-refractivity contribution in [3.63, 3.8) is 0 Å². The molecule has 1 aromatic rings. The zero-order valence-electron chi connectivity index (χ0n) is 10.3. The standard InChI is InChI=1S/C12H19N3O2/c1-3-6-13-7-8-14-11(16)10-5-4-9(2)15-12(10)17/h4-5,13H,3,6-8H2,1-2H3,(H,14,16)(H,15,17). The molecule has 17 heavy (non-hydrogen) atoms. The Labute approximate surface area is 101 Å². The van der Waals surface area contributed by atoms with Gasteiger partial charge in [-0.1, -0.05) is 6.92 Å². The molecule has 5 nitrogen and oxygen atoms in total. The van der Waals surface area contributed by atoms with Crippen LogP contribution in [0.5, 0.6) is 0 Å². The van der Waals surface area contributed by atoms with Crippen molar-refractivity contribution in [3.8, 4) is 0 Å². The van der Waals surface area contributed by atoms with Gasteiger partial charge in [0.05, 0.1) is 0 Å². The Kier molecular flexibility index (Phi) is 5.42. The molecule has 0 unspecified atom stereocenters. The molecule has 1 aromatic heterocycles. The summed E-state index contributed by atoms with van der Waals surface area (Å²) >= 11 is 0. The molecule has 3 N–H and O–H groups in total. The van der Waals surface area contributed by atoms with Gasteiger partial charge < -0.3 is 15.6 Å². The number of hydrogen-bond acceptors (Lipinski definition) is 3. The zero-order valence-corrected chi connectivity index (χ0v) is 10.3. The normalized spacial score (nSPS) is 10.2. The van der Waals surface area contributed by atoms with Gasteiger partial charge in [0, 0.05) is 18.8 Å². The number of nitrogens with one attached hydrogen (secondary N) is 3. The Hall–Kier alpha value is -1.62. The molecule has 1 heterocycles. The molecule has 0 radical (unpaired) electrons. The molecular weight excluding hydrogens is 218 g/mol. The van der Waals surface area contributed by atoms with Gasteiger partial charge in [0.1, 0.15) is 5.56 Å². The van der Waals surface area contributed by atoms with Crippen LogP contribution in [0.3, 0.4) is 0 Å². The van der Waals surface area contributed by atoms with Gasteiger partial charge in [0.2, 0.25) is 0 Å². The van der Waals surface area contributed by atoms with Gasteiger partial charge >= 0.3 is 0 Å². The summed E-state index contributed by atoms with van der Waals surface area (Å²) in [4.78, 5) is 25.7. The number of rotatable bonds is 6. The first-order chi connectivity index (χ1) is 8.15.